The largest absolute Gasteiger partial charge is 0.314 e. The molecule has 0 spiro atoms. The zero-order chi connectivity index (χ0) is 11.4. The van der Waals surface area contributed by atoms with Crippen LogP contribution < -0.4 is 5.32 Å². The second-order valence-electron chi connectivity index (χ2n) is 5.80. The van der Waals surface area contributed by atoms with Crippen LogP contribution in [0.15, 0.2) is 0 Å². The summed E-state index contributed by atoms with van der Waals surface area (Å²) in [6, 6.07) is 1.46. The van der Waals surface area contributed by atoms with Gasteiger partial charge >= 0.3 is 0 Å². The summed E-state index contributed by atoms with van der Waals surface area (Å²) in [6.07, 6.45) is 2.81. The third kappa shape index (κ3) is 4.12. The highest BCUT2D eigenvalue weighted by Crippen LogP contribution is 2.31. The van der Waals surface area contributed by atoms with Gasteiger partial charge < -0.3 is 10.2 Å². The van der Waals surface area contributed by atoms with Gasteiger partial charge in [-0.05, 0) is 38.3 Å². The Morgan fingerprint density at radius 2 is 1.87 bits per heavy atom. The van der Waals surface area contributed by atoms with Gasteiger partial charge in [-0.3, -0.25) is 0 Å². The van der Waals surface area contributed by atoms with E-state index in [1.165, 1.54) is 25.9 Å². The Labute approximate surface area is 95.4 Å². The zero-order valence-corrected chi connectivity index (χ0v) is 11.1. The standard InChI is InChI=1S/C13H28N2/c1-10(2)9-15(5)13-7-6-12(13)8-14-11(3)4/h10-14H,6-9H2,1-5H3. The van der Waals surface area contributed by atoms with E-state index < -0.39 is 0 Å². The number of nitrogens with one attached hydrogen (secondary N) is 1. The average Bonchev–Trinajstić information content (AvgIpc) is 1.99. The lowest BCUT2D eigenvalue weighted by atomic mass is 9.78. The number of hydrogen-bond acceptors (Lipinski definition) is 2. The normalized spacial score (nSPS) is 26.4. The Morgan fingerprint density at radius 1 is 1.20 bits per heavy atom. The minimum Gasteiger partial charge on any atom is -0.314 e. The molecule has 1 rings (SSSR count). The highest BCUT2D eigenvalue weighted by atomic mass is 15.1. The molecule has 0 aromatic carbocycles. The molecule has 1 aliphatic rings. The van der Waals surface area contributed by atoms with Crippen molar-refractivity contribution in [2.45, 2.75) is 52.6 Å². The van der Waals surface area contributed by atoms with Crippen LogP contribution in [0.4, 0.5) is 0 Å². The van der Waals surface area contributed by atoms with Crippen LogP contribution in [0.3, 0.4) is 0 Å². The van der Waals surface area contributed by atoms with Crippen molar-refractivity contribution in [1.29, 1.82) is 0 Å². The van der Waals surface area contributed by atoms with E-state index in [0.717, 1.165) is 17.9 Å². The van der Waals surface area contributed by atoms with E-state index in [1.54, 1.807) is 0 Å². The number of rotatable bonds is 6. The van der Waals surface area contributed by atoms with E-state index in [1.807, 2.05) is 0 Å². The first-order valence-corrected chi connectivity index (χ1v) is 6.44. The summed E-state index contributed by atoms with van der Waals surface area (Å²) >= 11 is 0. The summed E-state index contributed by atoms with van der Waals surface area (Å²) in [7, 11) is 2.28. The molecule has 1 N–H and O–H groups in total. The van der Waals surface area contributed by atoms with Gasteiger partial charge in [-0.25, -0.2) is 0 Å². The van der Waals surface area contributed by atoms with E-state index in [-0.39, 0.29) is 0 Å². The van der Waals surface area contributed by atoms with Gasteiger partial charge in [0.1, 0.15) is 0 Å². The molecule has 2 atom stereocenters. The molecule has 15 heavy (non-hydrogen) atoms. The van der Waals surface area contributed by atoms with Gasteiger partial charge in [0, 0.05) is 18.6 Å². The van der Waals surface area contributed by atoms with E-state index in [4.69, 9.17) is 0 Å². The van der Waals surface area contributed by atoms with Crippen molar-refractivity contribution in [3.63, 3.8) is 0 Å². The van der Waals surface area contributed by atoms with Crippen LogP contribution in [0.5, 0.6) is 0 Å². The van der Waals surface area contributed by atoms with Gasteiger partial charge in [0.25, 0.3) is 0 Å². The predicted molar refractivity (Wildman–Crippen MR) is 67.1 cm³/mol. The molecule has 0 radical (unpaired) electrons. The van der Waals surface area contributed by atoms with Gasteiger partial charge in [0.15, 0.2) is 0 Å². The third-order valence-corrected chi connectivity index (χ3v) is 3.38. The van der Waals surface area contributed by atoms with Crippen LogP contribution in [0.1, 0.15) is 40.5 Å². The van der Waals surface area contributed by atoms with Crippen molar-refractivity contribution in [3.05, 3.63) is 0 Å². The molecule has 0 amide bonds. The predicted octanol–water partition coefficient (Wildman–Crippen LogP) is 2.35. The maximum Gasteiger partial charge on any atom is 0.0133 e. The Balaban J connectivity index is 2.24. The van der Waals surface area contributed by atoms with Crippen LogP contribution in [-0.2, 0) is 0 Å². The maximum absolute atomic E-state index is 3.56. The summed E-state index contributed by atoms with van der Waals surface area (Å²) in [5.74, 6) is 1.67. The van der Waals surface area contributed by atoms with Gasteiger partial charge in [-0.2, -0.15) is 0 Å². The first-order chi connectivity index (χ1) is 7.00. The SMILES string of the molecule is CC(C)CN(C)C1CCC1CNC(C)C. The number of hydrogen-bond donors (Lipinski definition) is 1. The van der Waals surface area contributed by atoms with E-state index in [9.17, 15) is 0 Å². The molecule has 2 unspecified atom stereocenters. The summed E-state index contributed by atoms with van der Waals surface area (Å²) in [5.41, 5.74) is 0. The van der Waals surface area contributed by atoms with Crippen molar-refractivity contribution in [1.82, 2.24) is 10.2 Å². The molecule has 1 aliphatic carbocycles. The Hall–Kier alpha value is -0.0800. The van der Waals surface area contributed by atoms with Crippen molar-refractivity contribution >= 4 is 0 Å². The van der Waals surface area contributed by atoms with Crippen molar-refractivity contribution in [2.24, 2.45) is 11.8 Å². The fourth-order valence-corrected chi connectivity index (χ4v) is 2.47. The molecule has 2 nitrogen and oxygen atoms in total. The average molecular weight is 212 g/mol. The minimum atomic E-state index is 0.627. The highest BCUT2D eigenvalue weighted by Gasteiger charge is 2.33. The lowest BCUT2D eigenvalue weighted by Gasteiger charge is -2.44. The summed E-state index contributed by atoms with van der Waals surface area (Å²) < 4.78 is 0. The van der Waals surface area contributed by atoms with E-state index >= 15 is 0 Å². The molecular weight excluding hydrogens is 184 g/mol. The molecule has 0 bridgehead atoms. The maximum atomic E-state index is 3.56. The molecule has 2 heteroatoms. The molecule has 0 aromatic rings. The summed E-state index contributed by atoms with van der Waals surface area (Å²) in [6.45, 7) is 11.5. The Morgan fingerprint density at radius 3 is 2.27 bits per heavy atom. The molecule has 0 aliphatic heterocycles. The molecule has 1 fully saturated rings. The van der Waals surface area contributed by atoms with Gasteiger partial charge in [-0.1, -0.05) is 27.7 Å². The zero-order valence-electron chi connectivity index (χ0n) is 11.1. The molecule has 0 aromatic heterocycles. The van der Waals surface area contributed by atoms with Crippen molar-refractivity contribution in [3.8, 4) is 0 Å². The Kier molecular flexibility index (Phi) is 5.07. The second kappa shape index (κ2) is 5.86. The monoisotopic (exact) mass is 212 g/mol. The molecule has 0 heterocycles. The van der Waals surface area contributed by atoms with Crippen molar-refractivity contribution in [2.75, 3.05) is 20.1 Å². The van der Waals surface area contributed by atoms with E-state index in [0.29, 0.717) is 6.04 Å². The fourth-order valence-electron chi connectivity index (χ4n) is 2.47. The molecule has 1 saturated carbocycles. The van der Waals surface area contributed by atoms with E-state index in [2.05, 4.69) is 45.0 Å². The summed E-state index contributed by atoms with van der Waals surface area (Å²) in [5, 5.41) is 3.56. The smallest absolute Gasteiger partial charge is 0.0133 e. The van der Waals surface area contributed by atoms with Crippen LogP contribution in [0, 0.1) is 11.8 Å². The minimum absolute atomic E-state index is 0.627. The van der Waals surface area contributed by atoms with Crippen LogP contribution in [0.25, 0.3) is 0 Å². The summed E-state index contributed by atoms with van der Waals surface area (Å²) in [4.78, 5) is 2.56. The highest BCUT2D eigenvalue weighted by molar-refractivity contribution is 4.89. The van der Waals surface area contributed by atoms with Crippen LogP contribution in [0.2, 0.25) is 0 Å². The molecule has 0 saturated heterocycles. The van der Waals surface area contributed by atoms with Crippen LogP contribution in [-0.4, -0.2) is 37.1 Å². The lowest BCUT2D eigenvalue weighted by molar-refractivity contribution is 0.0736. The second-order valence-corrected chi connectivity index (χ2v) is 5.80. The van der Waals surface area contributed by atoms with Gasteiger partial charge in [0.2, 0.25) is 0 Å². The fraction of sp³-hybridized carbons (Fsp3) is 1.00. The number of nitrogens with zero attached hydrogens (tertiary/aromatic N) is 1. The van der Waals surface area contributed by atoms with Crippen molar-refractivity contribution < 1.29 is 0 Å². The topological polar surface area (TPSA) is 15.3 Å². The third-order valence-electron chi connectivity index (χ3n) is 3.38. The van der Waals surface area contributed by atoms with Crippen LogP contribution >= 0.6 is 0 Å². The first-order valence-electron chi connectivity index (χ1n) is 6.44. The lowest BCUT2D eigenvalue weighted by Crippen LogP contribution is -2.50. The quantitative estimate of drug-likeness (QED) is 0.727. The molecule has 90 valence electrons. The van der Waals surface area contributed by atoms with Gasteiger partial charge in [0.05, 0.1) is 0 Å². The Bertz CT molecular complexity index is 177. The molecular formula is C13H28N2. The first kappa shape index (κ1) is 13.0. The van der Waals surface area contributed by atoms with Gasteiger partial charge in [-0.15, -0.1) is 0 Å².